The van der Waals surface area contributed by atoms with Gasteiger partial charge in [-0.3, -0.25) is 0 Å². The number of nitrogens with zero attached hydrogens (tertiary/aromatic N) is 2. The van der Waals surface area contributed by atoms with Gasteiger partial charge in [0.2, 0.25) is 0 Å². The minimum absolute atomic E-state index is 0.106. The fourth-order valence-electron chi connectivity index (χ4n) is 8.82. The molecule has 7 aromatic carbocycles. The quantitative estimate of drug-likeness (QED) is 0.190. The molecule has 0 saturated heterocycles. The van der Waals surface area contributed by atoms with Crippen molar-refractivity contribution in [2.75, 3.05) is 0 Å². The summed E-state index contributed by atoms with van der Waals surface area (Å²) in [4.78, 5) is 0. The minimum Gasteiger partial charge on any atom is -0.455 e. The maximum Gasteiger partial charge on any atom is 0.147 e. The number of hydrogen-bond acceptors (Lipinski definition) is 1. The summed E-state index contributed by atoms with van der Waals surface area (Å²) < 4.78 is 11.9. The third-order valence-corrected chi connectivity index (χ3v) is 10.9. The molecule has 0 bridgehead atoms. The molecule has 48 heavy (non-hydrogen) atoms. The van der Waals surface area contributed by atoms with Gasteiger partial charge in [0.1, 0.15) is 11.2 Å². The highest BCUT2D eigenvalue weighted by Gasteiger charge is 2.36. The van der Waals surface area contributed by atoms with E-state index in [0.717, 1.165) is 38.7 Å². The topological polar surface area (TPSA) is 23.0 Å². The van der Waals surface area contributed by atoms with Crippen molar-refractivity contribution in [2.45, 2.75) is 19.3 Å². The molecule has 0 radical (unpaired) electrons. The smallest absolute Gasteiger partial charge is 0.147 e. The first kappa shape index (κ1) is 26.1. The predicted molar refractivity (Wildman–Crippen MR) is 200 cm³/mol. The molecule has 11 rings (SSSR count). The van der Waals surface area contributed by atoms with Gasteiger partial charge in [0.05, 0.1) is 32.8 Å². The van der Waals surface area contributed by atoms with Crippen LogP contribution in [0.25, 0.3) is 88.1 Å². The first-order valence-electron chi connectivity index (χ1n) is 16.7. The fraction of sp³-hybridized carbons (Fsp3) is 0.0667. The molecule has 0 spiro atoms. The molecule has 3 heterocycles. The average molecular weight is 615 g/mol. The number of para-hydroxylation sites is 4. The van der Waals surface area contributed by atoms with Gasteiger partial charge >= 0.3 is 0 Å². The maximum absolute atomic E-state index is 6.94. The van der Waals surface area contributed by atoms with Crippen LogP contribution in [0.3, 0.4) is 0 Å². The van der Waals surface area contributed by atoms with E-state index in [1.165, 1.54) is 60.5 Å². The van der Waals surface area contributed by atoms with Gasteiger partial charge in [-0.05, 0) is 64.7 Å². The first-order valence-corrected chi connectivity index (χ1v) is 16.7. The van der Waals surface area contributed by atoms with Gasteiger partial charge in [-0.15, -0.1) is 0 Å². The summed E-state index contributed by atoms with van der Waals surface area (Å²) in [5.41, 5.74) is 14.1. The van der Waals surface area contributed by atoms with Crippen LogP contribution in [0.1, 0.15) is 25.0 Å². The molecule has 3 aromatic heterocycles. The maximum atomic E-state index is 6.94. The molecule has 226 valence electrons. The van der Waals surface area contributed by atoms with Crippen molar-refractivity contribution in [1.82, 2.24) is 9.13 Å². The van der Waals surface area contributed by atoms with Crippen LogP contribution >= 0.6 is 0 Å². The molecule has 0 amide bonds. The summed E-state index contributed by atoms with van der Waals surface area (Å²) in [6, 6.07) is 52.9. The van der Waals surface area contributed by atoms with Gasteiger partial charge in [0.15, 0.2) is 0 Å². The molecule has 3 heteroatoms. The second-order valence-electron chi connectivity index (χ2n) is 13.7. The van der Waals surface area contributed by atoms with Crippen molar-refractivity contribution in [2.24, 2.45) is 0 Å². The number of benzene rings is 7. The van der Waals surface area contributed by atoms with Crippen molar-refractivity contribution < 1.29 is 4.42 Å². The van der Waals surface area contributed by atoms with E-state index in [1.807, 2.05) is 0 Å². The molecule has 0 aliphatic heterocycles. The van der Waals surface area contributed by atoms with E-state index in [2.05, 4.69) is 169 Å². The molecule has 0 atom stereocenters. The van der Waals surface area contributed by atoms with E-state index in [0.29, 0.717) is 0 Å². The zero-order valence-electron chi connectivity index (χ0n) is 26.7. The zero-order chi connectivity index (χ0) is 31.7. The van der Waals surface area contributed by atoms with Crippen molar-refractivity contribution in [3.8, 4) is 22.5 Å². The molecule has 10 aromatic rings. The number of hydrogen-bond donors (Lipinski definition) is 0. The Morgan fingerprint density at radius 1 is 0.458 bits per heavy atom. The lowest BCUT2D eigenvalue weighted by Gasteiger charge is -2.22. The van der Waals surface area contributed by atoms with Crippen molar-refractivity contribution in [3.05, 3.63) is 157 Å². The van der Waals surface area contributed by atoms with Gasteiger partial charge in [-0.2, -0.15) is 0 Å². The summed E-state index contributed by atoms with van der Waals surface area (Å²) in [5.74, 6) is 0. The Morgan fingerprint density at radius 3 is 1.79 bits per heavy atom. The summed E-state index contributed by atoms with van der Waals surface area (Å²) >= 11 is 0. The minimum atomic E-state index is -0.106. The second-order valence-corrected chi connectivity index (χ2v) is 13.7. The van der Waals surface area contributed by atoms with E-state index in [1.54, 1.807) is 0 Å². The SMILES string of the molecule is CC1(C)c2ccccc2-c2ccc(-n3c4ccccc4c4c5oc6ccccc6c5c5c(c6ccccc6n5-c5ccccc5)c43)cc21. The van der Waals surface area contributed by atoms with Gasteiger partial charge in [-0.1, -0.05) is 117 Å². The Hall–Kier alpha value is -6.06. The van der Waals surface area contributed by atoms with E-state index < -0.39 is 0 Å². The third-order valence-electron chi connectivity index (χ3n) is 10.9. The Morgan fingerprint density at radius 2 is 1.02 bits per heavy atom. The number of furan rings is 1. The monoisotopic (exact) mass is 614 g/mol. The lowest BCUT2D eigenvalue weighted by atomic mass is 9.82. The molecule has 3 nitrogen and oxygen atoms in total. The highest BCUT2D eigenvalue weighted by atomic mass is 16.3. The highest BCUT2D eigenvalue weighted by molar-refractivity contribution is 6.39. The second kappa shape index (κ2) is 9.05. The molecule has 0 saturated carbocycles. The van der Waals surface area contributed by atoms with Crippen molar-refractivity contribution >= 4 is 65.6 Å². The number of aromatic nitrogens is 2. The highest BCUT2D eigenvalue weighted by Crippen LogP contribution is 2.52. The van der Waals surface area contributed by atoms with Crippen LogP contribution in [-0.4, -0.2) is 9.13 Å². The summed E-state index contributed by atoms with van der Waals surface area (Å²) in [6.45, 7) is 4.72. The van der Waals surface area contributed by atoms with Gasteiger partial charge in [0, 0.05) is 38.3 Å². The summed E-state index contributed by atoms with van der Waals surface area (Å²) in [7, 11) is 0. The molecule has 0 fully saturated rings. The Balaban J connectivity index is 1.40. The Bertz CT molecular complexity index is 2970. The fourth-order valence-corrected chi connectivity index (χ4v) is 8.82. The van der Waals surface area contributed by atoms with Crippen LogP contribution in [0.15, 0.2) is 150 Å². The molecule has 1 aliphatic rings. The number of fused-ring (bicyclic) bond motifs is 15. The van der Waals surface area contributed by atoms with Crippen molar-refractivity contribution in [1.29, 1.82) is 0 Å². The molecule has 1 aliphatic carbocycles. The zero-order valence-corrected chi connectivity index (χ0v) is 26.7. The van der Waals surface area contributed by atoms with Crippen molar-refractivity contribution in [3.63, 3.8) is 0 Å². The molecular formula is C45H30N2O. The summed E-state index contributed by atoms with van der Waals surface area (Å²) in [6.07, 6.45) is 0. The van der Waals surface area contributed by atoms with Crippen LogP contribution in [0.2, 0.25) is 0 Å². The lowest BCUT2D eigenvalue weighted by molar-refractivity contribution is 0.660. The van der Waals surface area contributed by atoms with Gasteiger partial charge in [-0.25, -0.2) is 0 Å². The van der Waals surface area contributed by atoms with Gasteiger partial charge < -0.3 is 13.6 Å². The van der Waals surface area contributed by atoms with Gasteiger partial charge in [0.25, 0.3) is 0 Å². The van der Waals surface area contributed by atoms with E-state index in [-0.39, 0.29) is 5.41 Å². The van der Waals surface area contributed by atoms with Crippen LogP contribution in [0, 0.1) is 0 Å². The van der Waals surface area contributed by atoms with E-state index >= 15 is 0 Å². The first-order chi connectivity index (χ1) is 23.6. The van der Waals surface area contributed by atoms with E-state index in [4.69, 9.17) is 4.42 Å². The Labute approximate surface area is 276 Å². The van der Waals surface area contributed by atoms with Crippen LogP contribution in [0.4, 0.5) is 0 Å². The standard InChI is InChI=1S/C45H30N2O/c1-45(2)34-20-10-6-16-29(34)30-25-24-28(26-35(30)45)47-37-22-12-8-18-32(37)40-42(47)39-31-17-7-11-21-36(31)46(27-14-4-3-5-15-27)43(39)41-33-19-9-13-23-38(33)48-44(40)41/h3-26H,1-2H3. The average Bonchev–Trinajstić information content (AvgIpc) is 3.84. The van der Waals surface area contributed by atoms with Crippen LogP contribution in [0.5, 0.6) is 0 Å². The lowest BCUT2D eigenvalue weighted by Crippen LogP contribution is -2.15. The largest absolute Gasteiger partial charge is 0.455 e. The summed E-state index contributed by atoms with van der Waals surface area (Å²) in [5, 5.41) is 7.10. The molecule has 0 unspecified atom stereocenters. The normalized spacial score (nSPS) is 13.8. The van der Waals surface area contributed by atoms with Crippen LogP contribution < -0.4 is 0 Å². The molecular weight excluding hydrogens is 585 g/mol. The van der Waals surface area contributed by atoms with E-state index in [9.17, 15) is 0 Å². The number of rotatable bonds is 2. The van der Waals surface area contributed by atoms with Crippen LogP contribution in [-0.2, 0) is 5.41 Å². The third kappa shape index (κ3) is 3.14. The molecule has 0 N–H and O–H groups in total. The Kier molecular flexibility index (Phi) is 4.91. The predicted octanol–water partition coefficient (Wildman–Crippen LogP) is 12.1.